The molecule has 1 aliphatic rings. The molecule has 108 valence electrons. The Morgan fingerprint density at radius 3 is 2.77 bits per heavy atom. The molecule has 1 N–H and O–H groups in total. The third-order valence-electron chi connectivity index (χ3n) is 3.49. The van der Waals surface area contributed by atoms with E-state index < -0.39 is 0 Å². The third kappa shape index (κ3) is 2.17. The van der Waals surface area contributed by atoms with E-state index in [2.05, 4.69) is 10.3 Å². The average molecular weight is 330 g/mol. The summed E-state index contributed by atoms with van der Waals surface area (Å²) in [6.07, 6.45) is 5.36. The second-order valence-electron chi connectivity index (χ2n) is 4.98. The first-order chi connectivity index (χ1) is 10.6. The highest BCUT2D eigenvalue weighted by Gasteiger charge is 2.24. The molecule has 4 rings (SSSR count). The van der Waals surface area contributed by atoms with Crippen LogP contribution in [0.2, 0.25) is 10.0 Å². The molecule has 0 aliphatic carbocycles. The molecule has 1 aromatic carbocycles. The minimum absolute atomic E-state index is 0.160. The lowest BCUT2D eigenvalue weighted by atomic mass is 10.1. The molecular weight excluding hydrogens is 321 g/mol. The molecule has 0 atom stereocenters. The van der Waals surface area contributed by atoms with Crippen molar-refractivity contribution in [2.45, 2.75) is 0 Å². The predicted octanol–water partition coefficient (Wildman–Crippen LogP) is 4.13. The largest absolute Gasteiger partial charge is 0.321 e. The van der Waals surface area contributed by atoms with Gasteiger partial charge >= 0.3 is 0 Å². The van der Waals surface area contributed by atoms with Crippen molar-refractivity contribution in [3.63, 3.8) is 0 Å². The zero-order valence-electron chi connectivity index (χ0n) is 11.2. The van der Waals surface area contributed by atoms with E-state index in [9.17, 15) is 4.79 Å². The molecule has 1 amide bonds. The molecule has 22 heavy (non-hydrogen) atoms. The highest BCUT2D eigenvalue weighted by molar-refractivity contribution is 6.36. The summed E-state index contributed by atoms with van der Waals surface area (Å²) >= 11 is 11.9. The summed E-state index contributed by atoms with van der Waals surface area (Å²) in [7, 11) is 0. The predicted molar refractivity (Wildman–Crippen MR) is 88.2 cm³/mol. The van der Waals surface area contributed by atoms with Crippen LogP contribution in [-0.2, 0) is 4.79 Å². The van der Waals surface area contributed by atoms with Crippen LogP contribution in [0.15, 0.2) is 42.7 Å². The van der Waals surface area contributed by atoms with Gasteiger partial charge in [-0.05, 0) is 30.3 Å². The van der Waals surface area contributed by atoms with E-state index in [1.807, 2.05) is 22.7 Å². The second-order valence-corrected chi connectivity index (χ2v) is 5.85. The van der Waals surface area contributed by atoms with Gasteiger partial charge in [0, 0.05) is 23.0 Å². The van der Waals surface area contributed by atoms with Crippen LogP contribution >= 0.6 is 23.2 Å². The van der Waals surface area contributed by atoms with E-state index in [0.717, 1.165) is 16.9 Å². The average Bonchev–Trinajstić information content (AvgIpc) is 2.99. The molecule has 4 nitrogen and oxygen atoms in total. The molecule has 6 heteroatoms. The first-order valence-corrected chi connectivity index (χ1v) is 7.33. The zero-order valence-corrected chi connectivity index (χ0v) is 12.7. The van der Waals surface area contributed by atoms with Crippen molar-refractivity contribution in [3.05, 3.63) is 64.0 Å². The van der Waals surface area contributed by atoms with Crippen LogP contribution in [0.5, 0.6) is 0 Å². The third-order valence-corrected chi connectivity index (χ3v) is 3.95. The fraction of sp³-hybridized carbons (Fsp3) is 0. The SMILES string of the molecule is O=C1Nc2cc(Cl)ccc2/C1=C/c1cn2cc(Cl)ccc2n1. The van der Waals surface area contributed by atoms with Gasteiger partial charge in [0.05, 0.1) is 22.0 Å². The van der Waals surface area contributed by atoms with Crippen LogP contribution < -0.4 is 5.32 Å². The number of hydrogen-bond acceptors (Lipinski definition) is 2. The first-order valence-electron chi connectivity index (χ1n) is 6.57. The van der Waals surface area contributed by atoms with E-state index in [4.69, 9.17) is 23.2 Å². The lowest BCUT2D eigenvalue weighted by Gasteiger charge is -1.97. The first kappa shape index (κ1) is 13.4. The topological polar surface area (TPSA) is 46.4 Å². The van der Waals surface area contributed by atoms with Gasteiger partial charge in [0.1, 0.15) is 5.65 Å². The Kier molecular flexibility index (Phi) is 2.96. The summed E-state index contributed by atoms with van der Waals surface area (Å²) < 4.78 is 1.82. The summed E-state index contributed by atoms with van der Waals surface area (Å²) in [5, 5.41) is 4.02. The molecule has 0 fully saturated rings. The van der Waals surface area contributed by atoms with Crippen molar-refractivity contribution < 1.29 is 4.79 Å². The molecule has 1 aliphatic heterocycles. The number of pyridine rings is 1. The van der Waals surface area contributed by atoms with E-state index in [0.29, 0.717) is 21.3 Å². The molecular formula is C16H9Cl2N3O. The molecule has 3 heterocycles. The second kappa shape index (κ2) is 4.87. The Bertz CT molecular complexity index is 959. The number of imidazole rings is 1. The number of carbonyl (C=O) groups excluding carboxylic acids is 1. The van der Waals surface area contributed by atoms with Crippen molar-refractivity contribution >= 4 is 52.1 Å². The highest BCUT2D eigenvalue weighted by atomic mass is 35.5. The Balaban J connectivity index is 1.83. The molecule has 0 bridgehead atoms. The number of hydrogen-bond donors (Lipinski definition) is 1. The minimum atomic E-state index is -0.160. The number of amides is 1. The maximum absolute atomic E-state index is 12.1. The van der Waals surface area contributed by atoms with Gasteiger partial charge in [0.2, 0.25) is 0 Å². The van der Waals surface area contributed by atoms with Crippen molar-refractivity contribution in [2.24, 2.45) is 0 Å². The quantitative estimate of drug-likeness (QED) is 0.682. The molecule has 0 unspecified atom stereocenters. The number of halogens is 2. The number of aromatic nitrogens is 2. The Labute approximate surface area is 136 Å². The molecule has 0 saturated carbocycles. The van der Waals surface area contributed by atoms with Crippen molar-refractivity contribution in [3.8, 4) is 0 Å². The van der Waals surface area contributed by atoms with Gasteiger partial charge in [-0.1, -0.05) is 29.3 Å². The number of rotatable bonds is 1. The number of carbonyl (C=O) groups is 1. The summed E-state index contributed by atoms with van der Waals surface area (Å²) in [6, 6.07) is 8.93. The van der Waals surface area contributed by atoms with Crippen LogP contribution in [-0.4, -0.2) is 15.3 Å². The van der Waals surface area contributed by atoms with Crippen LogP contribution in [0.1, 0.15) is 11.3 Å². The standard InChI is InChI=1S/C16H9Cl2N3O/c17-9-1-3-12-13(16(22)20-14(12)5-9)6-11-8-21-7-10(18)2-4-15(21)19-11/h1-8H,(H,20,22)/b13-6-. The van der Waals surface area contributed by atoms with E-state index in [-0.39, 0.29) is 5.91 Å². The summed E-state index contributed by atoms with van der Waals surface area (Å²) in [6.45, 7) is 0. The van der Waals surface area contributed by atoms with Gasteiger partial charge in [-0.15, -0.1) is 0 Å². The smallest absolute Gasteiger partial charge is 0.256 e. The normalized spacial score (nSPS) is 15.4. The zero-order chi connectivity index (χ0) is 15.3. The molecule has 0 saturated heterocycles. The number of anilines is 1. The summed E-state index contributed by atoms with van der Waals surface area (Å²) in [5.41, 5.74) is 3.57. The van der Waals surface area contributed by atoms with Crippen LogP contribution in [0, 0.1) is 0 Å². The number of fused-ring (bicyclic) bond motifs is 2. The van der Waals surface area contributed by atoms with Gasteiger partial charge in [-0.2, -0.15) is 0 Å². The summed E-state index contributed by atoms with van der Waals surface area (Å²) in [5.74, 6) is -0.160. The van der Waals surface area contributed by atoms with E-state index in [1.54, 1.807) is 30.5 Å². The Morgan fingerprint density at radius 1 is 1.09 bits per heavy atom. The Morgan fingerprint density at radius 2 is 1.91 bits per heavy atom. The van der Waals surface area contributed by atoms with Gasteiger partial charge < -0.3 is 9.72 Å². The highest BCUT2D eigenvalue weighted by Crippen LogP contribution is 2.34. The van der Waals surface area contributed by atoms with Gasteiger partial charge in [0.15, 0.2) is 0 Å². The van der Waals surface area contributed by atoms with Crippen molar-refractivity contribution in [1.82, 2.24) is 9.38 Å². The fourth-order valence-corrected chi connectivity index (χ4v) is 2.85. The summed E-state index contributed by atoms with van der Waals surface area (Å²) in [4.78, 5) is 16.6. The minimum Gasteiger partial charge on any atom is -0.321 e. The van der Waals surface area contributed by atoms with Gasteiger partial charge in [-0.25, -0.2) is 4.98 Å². The van der Waals surface area contributed by atoms with Crippen molar-refractivity contribution in [2.75, 3.05) is 5.32 Å². The van der Waals surface area contributed by atoms with Crippen LogP contribution in [0.3, 0.4) is 0 Å². The van der Waals surface area contributed by atoms with Crippen LogP contribution in [0.4, 0.5) is 5.69 Å². The molecule has 0 radical (unpaired) electrons. The molecule has 2 aromatic heterocycles. The monoisotopic (exact) mass is 329 g/mol. The molecule has 0 spiro atoms. The Hall–Kier alpha value is -2.30. The molecule has 3 aromatic rings. The van der Waals surface area contributed by atoms with Gasteiger partial charge in [-0.3, -0.25) is 4.79 Å². The van der Waals surface area contributed by atoms with Crippen molar-refractivity contribution in [1.29, 1.82) is 0 Å². The number of nitrogens with one attached hydrogen (secondary N) is 1. The lowest BCUT2D eigenvalue weighted by molar-refractivity contribution is -0.110. The maximum atomic E-state index is 12.1. The lowest BCUT2D eigenvalue weighted by Crippen LogP contribution is -2.03. The fourth-order valence-electron chi connectivity index (χ4n) is 2.51. The van der Waals surface area contributed by atoms with E-state index in [1.165, 1.54) is 0 Å². The van der Waals surface area contributed by atoms with E-state index >= 15 is 0 Å². The van der Waals surface area contributed by atoms with Gasteiger partial charge in [0.25, 0.3) is 5.91 Å². The van der Waals surface area contributed by atoms with Crippen LogP contribution in [0.25, 0.3) is 17.3 Å². The number of benzene rings is 1. The number of nitrogens with zero attached hydrogens (tertiary/aromatic N) is 2. The maximum Gasteiger partial charge on any atom is 0.256 e.